The van der Waals surface area contributed by atoms with Gasteiger partial charge in [0.25, 0.3) is 0 Å². The van der Waals surface area contributed by atoms with Gasteiger partial charge in [0, 0.05) is 38.1 Å². The van der Waals surface area contributed by atoms with Gasteiger partial charge in [-0.15, -0.1) is 0 Å². The number of rotatable bonds is 6. The van der Waals surface area contributed by atoms with Crippen molar-refractivity contribution in [2.45, 2.75) is 44.7 Å². The molecule has 0 amide bonds. The standard InChI is InChI=1S/C20H31N3O/c1-22-16-20(11-19(22)15-24-14-17-4-5-17)6-9-23(10-7-20)13-18-3-2-8-21-12-18/h2-3,8,12,17,19H,4-7,9-11,13-16H2,1H3/t19-/m1/s1. The van der Waals surface area contributed by atoms with Crippen molar-refractivity contribution in [3.63, 3.8) is 0 Å². The Bertz CT molecular complexity index is 523. The fourth-order valence-electron chi connectivity index (χ4n) is 4.52. The van der Waals surface area contributed by atoms with E-state index in [2.05, 4.69) is 27.9 Å². The third-order valence-corrected chi connectivity index (χ3v) is 6.28. The first-order chi connectivity index (χ1) is 11.7. The first-order valence-electron chi connectivity index (χ1n) is 9.62. The summed E-state index contributed by atoms with van der Waals surface area (Å²) in [5, 5.41) is 0. The Labute approximate surface area is 146 Å². The molecule has 2 aliphatic heterocycles. The molecule has 0 aromatic carbocycles. The number of pyridine rings is 1. The van der Waals surface area contributed by atoms with Crippen molar-refractivity contribution in [1.29, 1.82) is 0 Å². The van der Waals surface area contributed by atoms with Gasteiger partial charge in [-0.3, -0.25) is 9.88 Å². The van der Waals surface area contributed by atoms with Crippen LogP contribution in [0.3, 0.4) is 0 Å². The number of nitrogens with zero attached hydrogens (tertiary/aromatic N) is 3. The predicted molar refractivity (Wildman–Crippen MR) is 95.8 cm³/mol. The molecule has 4 nitrogen and oxygen atoms in total. The lowest BCUT2D eigenvalue weighted by Crippen LogP contribution is -2.40. The maximum atomic E-state index is 5.99. The normalized spacial score (nSPS) is 27.8. The summed E-state index contributed by atoms with van der Waals surface area (Å²) < 4.78 is 5.99. The van der Waals surface area contributed by atoms with Gasteiger partial charge in [0.15, 0.2) is 0 Å². The molecule has 0 bridgehead atoms. The summed E-state index contributed by atoms with van der Waals surface area (Å²) in [5.74, 6) is 0.876. The zero-order valence-electron chi connectivity index (χ0n) is 15.0. The molecule has 0 N–H and O–H groups in total. The Hall–Kier alpha value is -0.970. The number of likely N-dealkylation sites (N-methyl/N-ethyl adjacent to an activating group) is 1. The van der Waals surface area contributed by atoms with Crippen molar-refractivity contribution < 1.29 is 4.74 Å². The van der Waals surface area contributed by atoms with Gasteiger partial charge in [-0.2, -0.15) is 0 Å². The minimum atomic E-state index is 0.536. The van der Waals surface area contributed by atoms with Gasteiger partial charge in [0.05, 0.1) is 6.61 Å². The van der Waals surface area contributed by atoms with Crippen LogP contribution in [0, 0.1) is 11.3 Å². The molecule has 1 aromatic rings. The third-order valence-electron chi connectivity index (χ3n) is 6.28. The molecule has 1 spiro atoms. The number of hydrogen-bond donors (Lipinski definition) is 0. The quantitative estimate of drug-likeness (QED) is 0.802. The molecule has 3 aliphatic rings. The molecule has 2 saturated heterocycles. The molecule has 1 aromatic heterocycles. The van der Waals surface area contributed by atoms with E-state index >= 15 is 0 Å². The average molecular weight is 329 g/mol. The number of ether oxygens (including phenoxy) is 1. The lowest BCUT2D eigenvalue weighted by molar-refractivity contribution is 0.0776. The lowest BCUT2D eigenvalue weighted by atomic mass is 9.76. The summed E-state index contributed by atoms with van der Waals surface area (Å²) in [6.07, 6.45) is 10.6. The molecule has 3 fully saturated rings. The number of hydrogen-bond acceptors (Lipinski definition) is 4. The Morgan fingerprint density at radius 2 is 2.08 bits per heavy atom. The monoisotopic (exact) mass is 329 g/mol. The van der Waals surface area contributed by atoms with Crippen LogP contribution in [0.5, 0.6) is 0 Å². The molecule has 1 atom stereocenters. The van der Waals surface area contributed by atoms with Crippen LogP contribution in [0.4, 0.5) is 0 Å². The van der Waals surface area contributed by atoms with Gasteiger partial charge in [-0.1, -0.05) is 6.07 Å². The zero-order valence-corrected chi connectivity index (χ0v) is 15.0. The van der Waals surface area contributed by atoms with Gasteiger partial charge >= 0.3 is 0 Å². The van der Waals surface area contributed by atoms with Crippen LogP contribution in [0.1, 0.15) is 37.7 Å². The van der Waals surface area contributed by atoms with Crippen LogP contribution in [0.2, 0.25) is 0 Å². The second kappa shape index (κ2) is 7.11. The fraction of sp³-hybridized carbons (Fsp3) is 0.750. The van der Waals surface area contributed by atoms with Crippen molar-refractivity contribution in [1.82, 2.24) is 14.8 Å². The van der Waals surface area contributed by atoms with Gasteiger partial charge in [-0.05, 0) is 75.2 Å². The Kier molecular flexibility index (Phi) is 4.88. The first kappa shape index (κ1) is 16.5. The summed E-state index contributed by atoms with van der Waals surface area (Å²) in [6, 6.07) is 4.86. The average Bonchev–Trinajstić information content (AvgIpc) is 3.36. The Morgan fingerprint density at radius 3 is 2.79 bits per heavy atom. The predicted octanol–water partition coefficient (Wildman–Crippen LogP) is 2.79. The van der Waals surface area contributed by atoms with Crippen molar-refractivity contribution in [3.05, 3.63) is 30.1 Å². The number of likely N-dealkylation sites (tertiary alicyclic amines) is 2. The van der Waals surface area contributed by atoms with Crippen LogP contribution >= 0.6 is 0 Å². The second-order valence-electron chi connectivity index (χ2n) is 8.39. The van der Waals surface area contributed by atoms with Crippen molar-refractivity contribution in [3.8, 4) is 0 Å². The van der Waals surface area contributed by atoms with Gasteiger partial charge in [0.1, 0.15) is 0 Å². The van der Waals surface area contributed by atoms with E-state index in [4.69, 9.17) is 4.74 Å². The summed E-state index contributed by atoms with van der Waals surface area (Å²) >= 11 is 0. The van der Waals surface area contributed by atoms with E-state index in [9.17, 15) is 0 Å². The lowest BCUT2D eigenvalue weighted by Gasteiger charge is -2.39. The van der Waals surface area contributed by atoms with E-state index in [0.717, 1.165) is 25.7 Å². The number of piperidine rings is 1. The van der Waals surface area contributed by atoms with Gasteiger partial charge in [-0.25, -0.2) is 0 Å². The smallest absolute Gasteiger partial charge is 0.0622 e. The van der Waals surface area contributed by atoms with Crippen LogP contribution < -0.4 is 0 Å². The first-order valence-corrected chi connectivity index (χ1v) is 9.62. The Morgan fingerprint density at radius 1 is 1.25 bits per heavy atom. The molecule has 4 heteroatoms. The molecule has 0 unspecified atom stereocenters. The molecule has 132 valence electrons. The van der Waals surface area contributed by atoms with E-state index in [-0.39, 0.29) is 0 Å². The fourth-order valence-corrected chi connectivity index (χ4v) is 4.52. The second-order valence-corrected chi connectivity index (χ2v) is 8.39. The SMILES string of the molecule is CN1CC2(CCN(Cc3cccnc3)CC2)C[C@@H]1COCC1CC1. The van der Waals surface area contributed by atoms with Crippen molar-refractivity contribution in [2.24, 2.45) is 11.3 Å². The molecule has 3 heterocycles. The molecule has 1 saturated carbocycles. The highest BCUT2D eigenvalue weighted by Gasteiger charge is 2.44. The van der Waals surface area contributed by atoms with E-state index in [1.54, 1.807) is 0 Å². The minimum absolute atomic E-state index is 0.536. The third kappa shape index (κ3) is 3.98. The molecule has 24 heavy (non-hydrogen) atoms. The van der Waals surface area contributed by atoms with E-state index in [0.29, 0.717) is 11.5 Å². The highest BCUT2D eigenvalue weighted by atomic mass is 16.5. The van der Waals surface area contributed by atoms with Crippen molar-refractivity contribution in [2.75, 3.05) is 39.9 Å². The topological polar surface area (TPSA) is 28.6 Å². The van der Waals surface area contributed by atoms with E-state index < -0.39 is 0 Å². The highest BCUT2D eigenvalue weighted by Crippen LogP contribution is 2.43. The molecule has 1 aliphatic carbocycles. The molecular weight excluding hydrogens is 298 g/mol. The maximum absolute atomic E-state index is 5.99. The molecule has 0 radical (unpaired) electrons. The zero-order chi connectivity index (χ0) is 16.4. The minimum Gasteiger partial charge on any atom is -0.380 e. The van der Waals surface area contributed by atoms with Crippen LogP contribution in [0.25, 0.3) is 0 Å². The number of aromatic nitrogens is 1. The summed E-state index contributed by atoms with van der Waals surface area (Å²) in [5.41, 5.74) is 1.87. The molecular formula is C20H31N3O. The van der Waals surface area contributed by atoms with Crippen LogP contribution in [0.15, 0.2) is 24.5 Å². The summed E-state index contributed by atoms with van der Waals surface area (Å²) in [4.78, 5) is 9.39. The summed E-state index contributed by atoms with van der Waals surface area (Å²) in [7, 11) is 2.29. The maximum Gasteiger partial charge on any atom is 0.0622 e. The van der Waals surface area contributed by atoms with Gasteiger partial charge < -0.3 is 9.64 Å². The van der Waals surface area contributed by atoms with E-state index in [1.807, 2.05) is 18.5 Å². The van der Waals surface area contributed by atoms with Crippen molar-refractivity contribution >= 4 is 0 Å². The molecule has 4 rings (SSSR count). The van der Waals surface area contributed by atoms with Crippen LogP contribution in [-0.2, 0) is 11.3 Å². The largest absolute Gasteiger partial charge is 0.380 e. The Balaban J connectivity index is 1.25. The van der Waals surface area contributed by atoms with Gasteiger partial charge in [0.2, 0.25) is 0 Å². The van der Waals surface area contributed by atoms with Crippen LogP contribution in [-0.4, -0.2) is 60.7 Å². The van der Waals surface area contributed by atoms with E-state index in [1.165, 1.54) is 57.3 Å². The highest BCUT2D eigenvalue weighted by molar-refractivity contribution is 5.08. The summed E-state index contributed by atoms with van der Waals surface area (Å²) in [6.45, 7) is 6.68.